The lowest BCUT2D eigenvalue weighted by molar-refractivity contribution is -0.122. The Hall–Kier alpha value is -2.61. The molecule has 1 aliphatic carbocycles. The molecule has 1 fully saturated rings. The number of hydrogen-bond acceptors (Lipinski definition) is 6. The minimum atomic E-state index is 0.161. The van der Waals surface area contributed by atoms with Crippen molar-refractivity contribution in [2.45, 2.75) is 26.0 Å². The molecule has 8 nitrogen and oxygen atoms in total. The van der Waals surface area contributed by atoms with E-state index in [1.165, 1.54) is 0 Å². The summed E-state index contributed by atoms with van der Waals surface area (Å²) in [6.07, 6.45) is 2.03. The first-order valence-electron chi connectivity index (χ1n) is 8.96. The van der Waals surface area contributed by atoms with Crippen LogP contribution in [-0.2, 0) is 22.7 Å². The molecule has 1 atom stereocenters. The van der Waals surface area contributed by atoms with E-state index in [0.29, 0.717) is 26.3 Å². The van der Waals surface area contributed by atoms with E-state index in [1.54, 1.807) is 0 Å². The molecule has 1 aromatic carbocycles. The number of aromatic nitrogens is 3. The summed E-state index contributed by atoms with van der Waals surface area (Å²) in [5.74, 6) is 2.04. The number of amides is 1. The fourth-order valence-corrected chi connectivity index (χ4v) is 3.37. The average Bonchev–Trinajstić information content (AvgIpc) is 3.34. The standard InChI is InChI=1S/C18H20N4O4/c23-18(12-1-2-12)19-6-11-7-22-14(9-24-8-11)17(20-21-22)13-3-4-15-16(5-13)26-10-25-15/h3-5,11-12H,1-2,6-10H2,(H,19,23)/t11-/m0/s1. The van der Waals surface area contributed by atoms with Gasteiger partial charge in [0, 0.05) is 30.5 Å². The van der Waals surface area contributed by atoms with E-state index < -0.39 is 0 Å². The number of hydrogen-bond donors (Lipinski definition) is 1. The molecule has 5 rings (SSSR count). The second kappa shape index (κ2) is 6.28. The van der Waals surface area contributed by atoms with Gasteiger partial charge in [-0.25, -0.2) is 4.68 Å². The van der Waals surface area contributed by atoms with Crippen LogP contribution in [0.5, 0.6) is 11.5 Å². The second-order valence-electron chi connectivity index (χ2n) is 7.04. The van der Waals surface area contributed by atoms with Crippen molar-refractivity contribution in [3.8, 4) is 22.8 Å². The zero-order valence-corrected chi connectivity index (χ0v) is 14.3. The summed E-state index contributed by atoms with van der Waals surface area (Å²) in [4.78, 5) is 11.9. The lowest BCUT2D eigenvalue weighted by Gasteiger charge is -2.14. The van der Waals surface area contributed by atoms with Crippen LogP contribution in [0, 0.1) is 11.8 Å². The minimum absolute atomic E-state index is 0.161. The maximum absolute atomic E-state index is 11.9. The first kappa shape index (κ1) is 15.6. The van der Waals surface area contributed by atoms with Crippen molar-refractivity contribution < 1.29 is 19.0 Å². The van der Waals surface area contributed by atoms with Crippen LogP contribution in [0.3, 0.4) is 0 Å². The minimum Gasteiger partial charge on any atom is -0.454 e. The van der Waals surface area contributed by atoms with Gasteiger partial charge in [-0.1, -0.05) is 5.21 Å². The predicted octanol–water partition coefficient (Wildman–Crippen LogP) is 1.35. The topological polar surface area (TPSA) is 87.5 Å². The first-order chi connectivity index (χ1) is 12.8. The number of rotatable bonds is 4. The van der Waals surface area contributed by atoms with Gasteiger partial charge in [-0.15, -0.1) is 5.10 Å². The predicted molar refractivity (Wildman–Crippen MR) is 90.5 cm³/mol. The van der Waals surface area contributed by atoms with Crippen LogP contribution in [0.15, 0.2) is 18.2 Å². The number of fused-ring (bicyclic) bond motifs is 2. The maximum atomic E-state index is 11.9. The van der Waals surface area contributed by atoms with Crippen LogP contribution in [0.1, 0.15) is 18.5 Å². The molecule has 0 saturated heterocycles. The van der Waals surface area contributed by atoms with Crippen molar-refractivity contribution in [1.29, 1.82) is 0 Å². The molecule has 26 heavy (non-hydrogen) atoms. The summed E-state index contributed by atoms with van der Waals surface area (Å²) >= 11 is 0. The van der Waals surface area contributed by atoms with Gasteiger partial charge < -0.3 is 19.5 Å². The molecule has 1 amide bonds. The third-order valence-electron chi connectivity index (χ3n) is 5.02. The lowest BCUT2D eigenvalue weighted by Crippen LogP contribution is -2.33. The van der Waals surface area contributed by atoms with Crippen LogP contribution < -0.4 is 14.8 Å². The third-order valence-corrected chi connectivity index (χ3v) is 5.02. The van der Waals surface area contributed by atoms with Crippen molar-refractivity contribution in [3.05, 3.63) is 23.9 Å². The number of nitrogens with one attached hydrogen (secondary N) is 1. The Labute approximate surface area is 150 Å². The van der Waals surface area contributed by atoms with Crippen LogP contribution in [-0.4, -0.2) is 40.8 Å². The van der Waals surface area contributed by atoms with Gasteiger partial charge in [0.05, 0.1) is 18.9 Å². The molecule has 0 spiro atoms. The summed E-state index contributed by atoms with van der Waals surface area (Å²) in [7, 11) is 0. The summed E-state index contributed by atoms with van der Waals surface area (Å²) in [6, 6.07) is 5.76. The monoisotopic (exact) mass is 356 g/mol. The van der Waals surface area contributed by atoms with E-state index in [-0.39, 0.29) is 24.5 Å². The van der Waals surface area contributed by atoms with E-state index in [0.717, 1.165) is 41.3 Å². The van der Waals surface area contributed by atoms with Crippen LogP contribution in [0.25, 0.3) is 11.3 Å². The summed E-state index contributed by atoms with van der Waals surface area (Å²) in [5, 5.41) is 11.7. The highest BCUT2D eigenvalue weighted by Gasteiger charge is 2.30. The Morgan fingerprint density at radius 3 is 3.04 bits per heavy atom. The van der Waals surface area contributed by atoms with Gasteiger partial charge in [-0.3, -0.25) is 4.79 Å². The number of carbonyl (C=O) groups is 1. The van der Waals surface area contributed by atoms with Gasteiger partial charge in [0.1, 0.15) is 5.69 Å². The summed E-state index contributed by atoms with van der Waals surface area (Å²) in [5.41, 5.74) is 2.67. The molecule has 0 bridgehead atoms. The Morgan fingerprint density at radius 1 is 1.27 bits per heavy atom. The summed E-state index contributed by atoms with van der Waals surface area (Å²) in [6.45, 7) is 2.57. The van der Waals surface area contributed by atoms with Gasteiger partial charge in [0.2, 0.25) is 12.7 Å². The molecule has 1 saturated carbocycles. The second-order valence-corrected chi connectivity index (χ2v) is 7.04. The van der Waals surface area contributed by atoms with E-state index in [9.17, 15) is 4.79 Å². The zero-order valence-electron chi connectivity index (χ0n) is 14.3. The fourth-order valence-electron chi connectivity index (χ4n) is 3.37. The Kier molecular flexibility index (Phi) is 3.77. The SMILES string of the molecule is O=C(NC[C@@H]1COCc2c(-c3ccc4c(c3)OCO4)nnn2C1)C1CC1. The Bertz CT molecular complexity index is 846. The molecule has 136 valence electrons. The van der Waals surface area contributed by atoms with Crippen LogP contribution in [0.4, 0.5) is 0 Å². The maximum Gasteiger partial charge on any atom is 0.231 e. The Balaban J connectivity index is 1.33. The molecule has 1 N–H and O–H groups in total. The highest BCUT2D eigenvalue weighted by molar-refractivity contribution is 5.80. The quantitative estimate of drug-likeness (QED) is 0.890. The zero-order chi connectivity index (χ0) is 17.5. The molecule has 0 radical (unpaired) electrons. The largest absolute Gasteiger partial charge is 0.454 e. The van der Waals surface area contributed by atoms with E-state index in [2.05, 4.69) is 15.6 Å². The molecule has 1 aromatic heterocycles. The first-order valence-corrected chi connectivity index (χ1v) is 8.96. The van der Waals surface area contributed by atoms with Gasteiger partial charge in [-0.05, 0) is 31.0 Å². The molecule has 3 heterocycles. The van der Waals surface area contributed by atoms with Gasteiger partial charge in [-0.2, -0.15) is 0 Å². The van der Waals surface area contributed by atoms with Crippen molar-refractivity contribution >= 4 is 5.91 Å². The molecule has 8 heteroatoms. The number of benzene rings is 1. The molecular weight excluding hydrogens is 336 g/mol. The smallest absolute Gasteiger partial charge is 0.231 e. The molecular formula is C18H20N4O4. The average molecular weight is 356 g/mol. The number of ether oxygens (including phenoxy) is 3. The van der Waals surface area contributed by atoms with E-state index in [4.69, 9.17) is 14.2 Å². The van der Waals surface area contributed by atoms with E-state index >= 15 is 0 Å². The highest BCUT2D eigenvalue weighted by Crippen LogP contribution is 2.36. The van der Waals surface area contributed by atoms with Crippen LogP contribution in [0.2, 0.25) is 0 Å². The van der Waals surface area contributed by atoms with Gasteiger partial charge in [0.15, 0.2) is 11.5 Å². The summed E-state index contributed by atoms with van der Waals surface area (Å²) < 4.78 is 18.6. The third kappa shape index (κ3) is 2.90. The lowest BCUT2D eigenvalue weighted by atomic mass is 10.1. The van der Waals surface area contributed by atoms with Crippen molar-refractivity contribution in [2.75, 3.05) is 19.9 Å². The molecule has 0 unspecified atom stereocenters. The Morgan fingerprint density at radius 2 is 2.15 bits per heavy atom. The molecule has 2 aliphatic heterocycles. The normalized spacial score (nSPS) is 21.2. The van der Waals surface area contributed by atoms with E-state index in [1.807, 2.05) is 22.9 Å². The number of nitrogens with zero attached hydrogens (tertiary/aromatic N) is 3. The highest BCUT2D eigenvalue weighted by atomic mass is 16.7. The van der Waals surface area contributed by atoms with Crippen molar-refractivity contribution in [2.24, 2.45) is 11.8 Å². The molecule has 2 aromatic rings. The van der Waals surface area contributed by atoms with Crippen LogP contribution >= 0.6 is 0 Å². The van der Waals surface area contributed by atoms with Crippen molar-refractivity contribution in [3.63, 3.8) is 0 Å². The fraction of sp³-hybridized carbons (Fsp3) is 0.500. The van der Waals surface area contributed by atoms with Gasteiger partial charge in [0.25, 0.3) is 0 Å². The number of carbonyl (C=O) groups excluding carboxylic acids is 1. The van der Waals surface area contributed by atoms with Crippen molar-refractivity contribution in [1.82, 2.24) is 20.3 Å². The van der Waals surface area contributed by atoms with Gasteiger partial charge >= 0.3 is 0 Å². The molecule has 3 aliphatic rings.